The SMILES string of the molecule is O=C=Nc1cnccc1C1CCCSC1. The Morgan fingerprint density at radius 3 is 3.27 bits per heavy atom. The van der Waals surface area contributed by atoms with Crippen LogP contribution in [0.2, 0.25) is 0 Å². The summed E-state index contributed by atoms with van der Waals surface area (Å²) in [5.41, 5.74) is 1.82. The molecule has 3 nitrogen and oxygen atoms in total. The van der Waals surface area contributed by atoms with Crippen LogP contribution in [-0.4, -0.2) is 22.6 Å². The van der Waals surface area contributed by atoms with Gasteiger partial charge in [-0.05, 0) is 36.1 Å². The normalized spacial score (nSPS) is 20.7. The highest BCUT2D eigenvalue weighted by Gasteiger charge is 2.18. The van der Waals surface area contributed by atoms with Crippen LogP contribution >= 0.6 is 11.8 Å². The molecule has 1 aromatic heterocycles. The van der Waals surface area contributed by atoms with Crippen molar-refractivity contribution in [1.82, 2.24) is 4.98 Å². The fourth-order valence-electron chi connectivity index (χ4n) is 1.87. The molecule has 2 heterocycles. The van der Waals surface area contributed by atoms with Gasteiger partial charge in [0, 0.05) is 11.9 Å². The van der Waals surface area contributed by atoms with Crippen LogP contribution in [-0.2, 0) is 4.79 Å². The molecule has 1 aliphatic heterocycles. The molecule has 1 fully saturated rings. The molecule has 0 amide bonds. The Kier molecular flexibility index (Phi) is 3.54. The first-order chi connectivity index (χ1) is 7.42. The van der Waals surface area contributed by atoms with E-state index in [0.717, 1.165) is 11.3 Å². The van der Waals surface area contributed by atoms with Crippen LogP contribution in [0, 0.1) is 0 Å². The average Bonchev–Trinajstić information content (AvgIpc) is 2.31. The topological polar surface area (TPSA) is 42.3 Å². The van der Waals surface area contributed by atoms with E-state index >= 15 is 0 Å². The van der Waals surface area contributed by atoms with Gasteiger partial charge in [-0.3, -0.25) is 4.98 Å². The Balaban J connectivity index is 2.28. The van der Waals surface area contributed by atoms with Gasteiger partial charge in [-0.2, -0.15) is 16.8 Å². The van der Waals surface area contributed by atoms with E-state index in [1.807, 2.05) is 17.8 Å². The number of carbonyl (C=O) groups excluding carboxylic acids is 1. The second-order valence-electron chi connectivity index (χ2n) is 3.55. The number of nitrogens with zero attached hydrogens (tertiary/aromatic N) is 2. The first-order valence-electron chi connectivity index (χ1n) is 5.01. The minimum absolute atomic E-state index is 0.513. The fraction of sp³-hybridized carbons (Fsp3) is 0.455. The number of hydrogen-bond donors (Lipinski definition) is 0. The van der Waals surface area contributed by atoms with E-state index in [9.17, 15) is 4.79 Å². The van der Waals surface area contributed by atoms with Crippen molar-refractivity contribution in [3.63, 3.8) is 0 Å². The van der Waals surface area contributed by atoms with Crippen molar-refractivity contribution in [3.05, 3.63) is 24.0 Å². The van der Waals surface area contributed by atoms with Gasteiger partial charge in [-0.1, -0.05) is 0 Å². The third-order valence-corrected chi connectivity index (χ3v) is 3.81. The predicted octanol–water partition coefficient (Wildman–Crippen LogP) is 2.66. The van der Waals surface area contributed by atoms with Crippen LogP contribution in [0.4, 0.5) is 5.69 Å². The molecule has 0 aliphatic carbocycles. The van der Waals surface area contributed by atoms with Crippen molar-refractivity contribution in [2.24, 2.45) is 4.99 Å². The number of pyridine rings is 1. The molecule has 4 heteroatoms. The highest BCUT2D eigenvalue weighted by molar-refractivity contribution is 7.99. The molecule has 2 rings (SSSR count). The van der Waals surface area contributed by atoms with E-state index in [2.05, 4.69) is 9.98 Å². The van der Waals surface area contributed by atoms with Crippen molar-refractivity contribution >= 4 is 23.5 Å². The smallest absolute Gasteiger partial charge is 0.240 e. The Morgan fingerprint density at radius 2 is 2.53 bits per heavy atom. The number of aromatic nitrogens is 1. The zero-order valence-electron chi connectivity index (χ0n) is 8.35. The largest absolute Gasteiger partial charge is 0.262 e. The number of thioether (sulfide) groups is 1. The lowest BCUT2D eigenvalue weighted by atomic mass is 9.95. The van der Waals surface area contributed by atoms with Gasteiger partial charge in [0.1, 0.15) is 0 Å². The summed E-state index contributed by atoms with van der Waals surface area (Å²) in [5, 5.41) is 0. The maximum absolute atomic E-state index is 10.3. The van der Waals surface area contributed by atoms with Gasteiger partial charge in [-0.25, -0.2) is 4.79 Å². The fourth-order valence-corrected chi connectivity index (χ4v) is 3.04. The van der Waals surface area contributed by atoms with Crippen molar-refractivity contribution in [3.8, 4) is 0 Å². The van der Waals surface area contributed by atoms with Crippen LogP contribution < -0.4 is 0 Å². The quantitative estimate of drug-likeness (QED) is 0.568. The van der Waals surface area contributed by atoms with E-state index in [1.165, 1.54) is 18.6 Å². The minimum atomic E-state index is 0.513. The van der Waals surface area contributed by atoms with Gasteiger partial charge in [0.25, 0.3) is 0 Å². The zero-order valence-corrected chi connectivity index (χ0v) is 9.17. The molecule has 0 saturated carbocycles. The molecular formula is C11H12N2OS. The Bertz CT molecular complexity index is 382. The number of aliphatic imine (C=N–C) groups is 1. The third kappa shape index (κ3) is 2.46. The first kappa shape index (κ1) is 10.4. The number of rotatable bonds is 2. The summed E-state index contributed by atoms with van der Waals surface area (Å²) in [6.07, 6.45) is 7.41. The van der Waals surface area contributed by atoms with Crippen LogP contribution in [0.15, 0.2) is 23.5 Å². The van der Waals surface area contributed by atoms with Gasteiger partial charge in [0.15, 0.2) is 0 Å². The maximum atomic E-state index is 10.3. The first-order valence-corrected chi connectivity index (χ1v) is 6.17. The Hall–Kier alpha value is -1.12. The monoisotopic (exact) mass is 220 g/mol. The average molecular weight is 220 g/mol. The minimum Gasteiger partial charge on any atom is -0.262 e. The molecule has 1 aliphatic rings. The molecule has 0 aromatic carbocycles. The van der Waals surface area contributed by atoms with Gasteiger partial charge in [0.2, 0.25) is 6.08 Å². The summed E-state index contributed by atoms with van der Waals surface area (Å²) in [6, 6.07) is 1.96. The van der Waals surface area contributed by atoms with Crippen molar-refractivity contribution in [2.45, 2.75) is 18.8 Å². The second kappa shape index (κ2) is 5.10. The molecule has 1 atom stereocenters. The van der Waals surface area contributed by atoms with Crippen LogP contribution in [0.5, 0.6) is 0 Å². The van der Waals surface area contributed by atoms with Gasteiger partial charge < -0.3 is 0 Å². The molecule has 0 N–H and O–H groups in total. The van der Waals surface area contributed by atoms with E-state index in [1.54, 1.807) is 18.5 Å². The Labute approximate surface area is 93.0 Å². The van der Waals surface area contributed by atoms with Crippen LogP contribution in [0.1, 0.15) is 24.3 Å². The highest BCUT2D eigenvalue weighted by atomic mass is 32.2. The van der Waals surface area contributed by atoms with Crippen molar-refractivity contribution in [2.75, 3.05) is 11.5 Å². The van der Waals surface area contributed by atoms with E-state index in [-0.39, 0.29) is 0 Å². The third-order valence-electron chi connectivity index (χ3n) is 2.60. The molecular weight excluding hydrogens is 208 g/mol. The van der Waals surface area contributed by atoms with Crippen LogP contribution in [0.3, 0.4) is 0 Å². The zero-order chi connectivity index (χ0) is 10.5. The van der Waals surface area contributed by atoms with Crippen LogP contribution in [0.25, 0.3) is 0 Å². The van der Waals surface area contributed by atoms with Gasteiger partial charge in [0.05, 0.1) is 11.9 Å². The molecule has 1 saturated heterocycles. The molecule has 1 unspecified atom stereocenters. The number of isocyanates is 1. The standard InChI is InChI=1S/C11H12N2OS/c14-8-13-11-6-12-4-3-10(11)9-2-1-5-15-7-9/h3-4,6,9H,1-2,5,7H2. The summed E-state index contributed by atoms with van der Waals surface area (Å²) in [6.45, 7) is 0. The predicted molar refractivity (Wildman–Crippen MR) is 61.3 cm³/mol. The summed E-state index contributed by atoms with van der Waals surface area (Å²) in [4.78, 5) is 18.0. The number of hydrogen-bond acceptors (Lipinski definition) is 4. The van der Waals surface area contributed by atoms with Gasteiger partial charge in [-0.15, -0.1) is 0 Å². The van der Waals surface area contributed by atoms with E-state index in [0.29, 0.717) is 11.6 Å². The molecule has 0 spiro atoms. The summed E-state index contributed by atoms with van der Waals surface area (Å²) < 4.78 is 0. The Morgan fingerprint density at radius 1 is 1.60 bits per heavy atom. The summed E-state index contributed by atoms with van der Waals surface area (Å²) >= 11 is 1.96. The maximum Gasteiger partial charge on any atom is 0.240 e. The van der Waals surface area contributed by atoms with E-state index < -0.39 is 0 Å². The summed E-state index contributed by atoms with van der Waals surface area (Å²) in [7, 11) is 0. The molecule has 1 aromatic rings. The molecule has 78 valence electrons. The highest BCUT2D eigenvalue weighted by Crippen LogP contribution is 2.35. The molecule has 0 radical (unpaired) electrons. The lowest BCUT2D eigenvalue weighted by Crippen LogP contribution is -2.08. The molecule has 0 bridgehead atoms. The van der Waals surface area contributed by atoms with Gasteiger partial charge >= 0.3 is 0 Å². The summed E-state index contributed by atoms with van der Waals surface area (Å²) in [5.74, 6) is 2.87. The lowest BCUT2D eigenvalue weighted by molar-refractivity contribution is 0.565. The van der Waals surface area contributed by atoms with E-state index in [4.69, 9.17) is 0 Å². The van der Waals surface area contributed by atoms with Crippen molar-refractivity contribution in [1.29, 1.82) is 0 Å². The second-order valence-corrected chi connectivity index (χ2v) is 4.70. The molecule has 15 heavy (non-hydrogen) atoms. The lowest BCUT2D eigenvalue weighted by Gasteiger charge is -2.22. The van der Waals surface area contributed by atoms with Crippen molar-refractivity contribution < 1.29 is 4.79 Å².